The van der Waals surface area contributed by atoms with Gasteiger partial charge >= 0.3 is 0 Å². The van der Waals surface area contributed by atoms with E-state index in [1.165, 1.54) is 0 Å². The average molecular weight is 287 g/mol. The van der Waals surface area contributed by atoms with E-state index in [9.17, 15) is 9.90 Å². The predicted molar refractivity (Wildman–Crippen MR) is 81.4 cm³/mol. The fourth-order valence-corrected chi connectivity index (χ4v) is 2.97. The Balaban J connectivity index is 1.95. The van der Waals surface area contributed by atoms with Crippen molar-refractivity contribution in [2.75, 3.05) is 13.1 Å². The maximum absolute atomic E-state index is 12.7. The number of piperidine rings is 1. The number of amides is 1. The van der Waals surface area contributed by atoms with Gasteiger partial charge in [0, 0.05) is 24.0 Å². The number of para-hydroxylation sites is 1. The summed E-state index contributed by atoms with van der Waals surface area (Å²) in [5.74, 6) is 0.531. The lowest BCUT2D eigenvalue weighted by molar-refractivity contribution is 0.0231. The number of benzene rings is 1. The number of hydrogen-bond donors (Lipinski definition) is 1. The van der Waals surface area contributed by atoms with Crippen molar-refractivity contribution < 1.29 is 14.3 Å². The number of aliphatic hydroxyl groups is 1. The second-order valence-corrected chi connectivity index (χ2v) is 6.09. The first-order chi connectivity index (χ1) is 9.99. The van der Waals surface area contributed by atoms with Crippen LogP contribution in [0.5, 0.6) is 0 Å². The fourth-order valence-electron chi connectivity index (χ4n) is 2.97. The summed E-state index contributed by atoms with van der Waals surface area (Å²) in [7, 11) is 0. The third kappa shape index (κ3) is 2.33. The third-order valence-electron chi connectivity index (χ3n) is 4.56. The predicted octanol–water partition coefficient (Wildman–Crippen LogP) is 2.89. The van der Waals surface area contributed by atoms with Gasteiger partial charge < -0.3 is 14.4 Å². The highest BCUT2D eigenvalue weighted by Crippen LogP contribution is 2.29. The van der Waals surface area contributed by atoms with E-state index in [0.717, 1.165) is 28.5 Å². The Kier molecular flexibility index (Phi) is 3.49. The number of furan rings is 1. The van der Waals surface area contributed by atoms with Crippen molar-refractivity contribution in [2.24, 2.45) is 5.92 Å². The van der Waals surface area contributed by atoms with E-state index in [1.54, 1.807) is 4.90 Å². The Labute approximate surface area is 124 Å². The van der Waals surface area contributed by atoms with Gasteiger partial charge in [-0.15, -0.1) is 0 Å². The Bertz CT molecular complexity index is 689. The zero-order valence-electron chi connectivity index (χ0n) is 12.7. The number of carbonyl (C=O) groups excluding carboxylic acids is 1. The molecule has 112 valence electrons. The van der Waals surface area contributed by atoms with Gasteiger partial charge in [-0.25, -0.2) is 0 Å². The van der Waals surface area contributed by atoms with Crippen molar-refractivity contribution in [3.63, 3.8) is 0 Å². The first-order valence-electron chi connectivity index (χ1n) is 7.45. The maximum Gasteiger partial charge on any atom is 0.289 e. The smallest absolute Gasteiger partial charge is 0.289 e. The molecule has 0 bridgehead atoms. The number of aliphatic hydroxyl groups excluding tert-OH is 1. The maximum atomic E-state index is 12.7. The number of hydrogen-bond acceptors (Lipinski definition) is 3. The molecule has 2 atom stereocenters. The van der Waals surface area contributed by atoms with Crippen molar-refractivity contribution in [3.05, 3.63) is 35.1 Å². The molecule has 1 N–H and O–H groups in total. The SMILES string of the molecule is Cc1c(C(=O)N2CCC(C)C(O)C2)oc2c(C)cccc12. The number of nitrogens with zero attached hydrogens (tertiary/aromatic N) is 1. The molecule has 1 aliphatic heterocycles. The van der Waals surface area contributed by atoms with Gasteiger partial charge in [-0.3, -0.25) is 4.79 Å². The van der Waals surface area contributed by atoms with Crippen LogP contribution >= 0.6 is 0 Å². The molecule has 21 heavy (non-hydrogen) atoms. The third-order valence-corrected chi connectivity index (χ3v) is 4.56. The van der Waals surface area contributed by atoms with E-state index < -0.39 is 6.10 Å². The molecule has 2 heterocycles. The zero-order valence-corrected chi connectivity index (χ0v) is 12.7. The number of rotatable bonds is 1. The molecule has 4 nitrogen and oxygen atoms in total. The zero-order chi connectivity index (χ0) is 15.1. The minimum Gasteiger partial charge on any atom is -0.450 e. The molecule has 1 fully saturated rings. The minimum atomic E-state index is -0.450. The van der Waals surface area contributed by atoms with Crippen LogP contribution in [0.1, 0.15) is 35.0 Å². The first-order valence-corrected chi connectivity index (χ1v) is 7.45. The molecule has 0 saturated carbocycles. The number of β-amino-alcohol motifs (C(OH)–C–C–N with tert-alkyl or cyclic N) is 1. The molecule has 4 heteroatoms. The van der Waals surface area contributed by atoms with E-state index in [-0.39, 0.29) is 11.8 Å². The number of likely N-dealkylation sites (tertiary alicyclic amines) is 1. The molecular formula is C17H21NO3. The van der Waals surface area contributed by atoms with Crippen LogP contribution in [0.2, 0.25) is 0 Å². The van der Waals surface area contributed by atoms with Gasteiger partial charge in [0.25, 0.3) is 5.91 Å². The second kappa shape index (κ2) is 5.19. The van der Waals surface area contributed by atoms with Crippen LogP contribution in [0.25, 0.3) is 11.0 Å². The summed E-state index contributed by atoms with van der Waals surface area (Å²) in [6, 6.07) is 5.93. The van der Waals surface area contributed by atoms with Gasteiger partial charge in [0.1, 0.15) is 5.58 Å². The Morgan fingerprint density at radius 1 is 1.38 bits per heavy atom. The van der Waals surface area contributed by atoms with Gasteiger partial charge in [-0.2, -0.15) is 0 Å². The van der Waals surface area contributed by atoms with Crippen molar-refractivity contribution >= 4 is 16.9 Å². The summed E-state index contributed by atoms with van der Waals surface area (Å²) < 4.78 is 5.83. The van der Waals surface area contributed by atoms with Gasteiger partial charge in [-0.1, -0.05) is 25.1 Å². The van der Waals surface area contributed by atoms with Crippen molar-refractivity contribution in [3.8, 4) is 0 Å². The molecular weight excluding hydrogens is 266 g/mol. The number of fused-ring (bicyclic) bond motifs is 1. The Morgan fingerprint density at radius 3 is 2.81 bits per heavy atom. The molecule has 1 aromatic carbocycles. The quantitative estimate of drug-likeness (QED) is 0.877. The highest BCUT2D eigenvalue weighted by atomic mass is 16.3. The Hall–Kier alpha value is -1.81. The summed E-state index contributed by atoms with van der Waals surface area (Å²) in [6.45, 7) is 6.97. The van der Waals surface area contributed by atoms with Gasteiger partial charge in [0.15, 0.2) is 5.76 Å². The molecule has 2 aromatic rings. The number of aryl methyl sites for hydroxylation is 2. The van der Waals surface area contributed by atoms with E-state index in [2.05, 4.69) is 0 Å². The minimum absolute atomic E-state index is 0.117. The average Bonchev–Trinajstić information content (AvgIpc) is 2.80. The summed E-state index contributed by atoms with van der Waals surface area (Å²) in [6.07, 6.45) is 0.375. The topological polar surface area (TPSA) is 53.7 Å². The van der Waals surface area contributed by atoms with Gasteiger partial charge in [-0.05, 0) is 31.7 Å². The van der Waals surface area contributed by atoms with Crippen LogP contribution in [0.3, 0.4) is 0 Å². The van der Waals surface area contributed by atoms with Crippen LogP contribution in [0.4, 0.5) is 0 Å². The lowest BCUT2D eigenvalue weighted by atomic mass is 9.96. The van der Waals surface area contributed by atoms with Gasteiger partial charge in [0.05, 0.1) is 6.10 Å². The Morgan fingerprint density at radius 2 is 2.14 bits per heavy atom. The van der Waals surface area contributed by atoms with Crippen molar-refractivity contribution in [1.82, 2.24) is 4.90 Å². The second-order valence-electron chi connectivity index (χ2n) is 6.09. The van der Waals surface area contributed by atoms with Crippen LogP contribution in [0, 0.1) is 19.8 Å². The van der Waals surface area contributed by atoms with Gasteiger partial charge in [0.2, 0.25) is 0 Å². The molecule has 0 radical (unpaired) electrons. The fraction of sp³-hybridized carbons (Fsp3) is 0.471. The molecule has 2 unspecified atom stereocenters. The molecule has 1 aromatic heterocycles. The van der Waals surface area contributed by atoms with Crippen LogP contribution < -0.4 is 0 Å². The van der Waals surface area contributed by atoms with E-state index in [4.69, 9.17) is 4.42 Å². The lowest BCUT2D eigenvalue weighted by Gasteiger charge is -2.33. The molecule has 3 rings (SSSR count). The van der Waals surface area contributed by atoms with Crippen molar-refractivity contribution in [1.29, 1.82) is 0 Å². The summed E-state index contributed by atoms with van der Waals surface area (Å²) in [5.41, 5.74) is 2.69. The molecule has 1 amide bonds. The first kappa shape index (κ1) is 14.1. The number of carbonyl (C=O) groups is 1. The van der Waals surface area contributed by atoms with Crippen molar-refractivity contribution in [2.45, 2.75) is 33.3 Å². The standard InChI is InChI=1S/C17H21NO3/c1-10-7-8-18(9-14(10)19)17(20)16-12(3)13-6-4-5-11(2)15(13)21-16/h4-6,10,14,19H,7-9H2,1-3H3. The van der Waals surface area contributed by atoms with E-state index in [1.807, 2.05) is 39.0 Å². The lowest BCUT2D eigenvalue weighted by Crippen LogP contribution is -2.45. The molecule has 1 saturated heterocycles. The van der Waals surface area contributed by atoms with Crippen LogP contribution in [0.15, 0.2) is 22.6 Å². The summed E-state index contributed by atoms with van der Waals surface area (Å²) in [4.78, 5) is 14.4. The highest BCUT2D eigenvalue weighted by Gasteiger charge is 2.30. The van der Waals surface area contributed by atoms with Crippen LogP contribution in [-0.4, -0.2) is 35.1 Å². The molecule has 0 aliphatic carbocycles. The molecule has 0 spiro atoms. The normalized spacial score (nSPS) is 22.8. The van der Waals surface area contributed by atoms with E-state index in [0.29, 0.717) is 18.8 Å². The monoisotopic (exact) mass is 287 g/mol. The summed E-state index contributed by atoms with van der Waals surface area (Å²) in [5, 5.41) is 11.0. The highest BCUT2D eigenvalue weighted by molar-refractivity contribution is 5.99. The largest absolute Gasteiger partial charge is 0.450 e. The summed E-state index contributed by atoms with van der Waals surface area (Å²) >= 11 is 0. The molecule has 1 aliphatic rings. The van der Waals surface area contributed by atoms with E-state index >= 15 is 0 Å². The van der Waals surface area contributed by atoms with Crippen LogP contribution in [-0.2, 0) is 0 Å².